The molecule has 0 saturated carbocycles. The van der Waals surface area contributed by atoms with Gasteiger partial charge in [0, 0.05) is 12.1 Å². The average molecular weight is 264 g/mol. The van der Waals surface area contributed by atoms with E-state index in [1.54, 1.807) is 0 Å². The van der Waals surface area contributed by atoms with Crippen LogP contribution in [0.3, 0.4) is 0 Å². The number of anilines is 1. The van der Waals surface area contributed by atoms with Crippen molar-refractivity contribution in [3.63, 3.8) is 0 Å². The lowest BCUT2D eigenvalue weighted by Crippen LogP contribution is -2.26. The summed E-state index contributed by atoms with van der Waals surface area (Å²) in [4.78, 5) is 33.6. The first kappa shape index (κ1) is 12.9. The first-order chi connectivity index (χ1) is 8.91. The number of aromatic carboxylic acids is 1. The van der Waals surface area contributed by atoms with E-state index in [9.17, 15) is 14.4 Å². The van der Waals surface area contributed by atoms with Gasteiger partial charge in [-0.3, -0.25) is 9.59 Å². The molecular formula is C12H12N2O5. The van der Waals surface area contributed by atoms with Crippen LogP contribution in [-0.2, 0) is 4.79 Å². The number of fused-ring (bicyclic) bond motifs is 1. The number of benzene rings is 1. The molecule has 100 valence electrons. The summed E-state index contributed by atoms with van der Waals surface area (Å²) in [5.74, 6) is -3.92. The summed E-state index contributed by atoms with van der Waals surface area (Å²) in [5, 5.41) is 21.2. The van der Waals surface area contributed by atoms with Gasteiger partial charge in [-0.1, -0.05) is 0 Å². The van der Waals surface area contributed by atoms with Gasteiger partial charge in [0.05, 0.1) is 17.2 Å². The summed E-state index contributed by atoms with van der Waals surface area (Å²) in [7, 11) is 0. The molecule has 0 radical (unpaired) electrons. The Labute approximate surface area is 108 Å². The highest BCUT2D eigenvalue weighted by atomic mass is 16.4. The monoisotopic (exact) mass is 264 g/mol. The fraction of sp³-hybridized carbons (Fsp3) is 0.250. The molecule has 0 bridgehead atoms. The van der Waals surface area contributed by atoms with E-state index in [1.807, 2.05) is 0 Å². The van der Waals surface area contributed by atoms with Crippen LogP contribution in [0.15, 0.2) is 12.1 Å². The van der Waals surface area contributed by atoms with Gasteiger partial charge in [0.2, 0.25) is 5.91 Å². The molecule has 2 rings (SSSR count). The third-order valence-electron chi connectivity index (χ3n) is 3.09. The van der Waals surface area contributed by atoms with Gasteiger partial charge in [0.1, 0.15) is 0 Å². The Hall–Kier alpha value is -2.57. The molecule has 7 nitrogen and oxygen atoms in total. The predicted octanol–water partition coefficient (Wildman–Crippen LogP) is 0.468. The largest absolute Gasteiger partial charge is 0.481 e. The molecular weight excluding hydrogens is 252 g/mol. The Balaban J connectivity index is 2.69. The number of hydrogen-bond donors (Lipinski definition) is 4. The second-order valence-corrected chi connectivity index (χ2v) is 4.26. The van der Waals surface area contributed by atoms with E-state index in [4.69, 9.17) is 15.9 Å². The standard InChI is InChI=1S/C12H12N2O5/c13-10(15)5-3-7-6(11(16)17)1-2-14-9(7)8(4-5)12(18)19/h3-4,6,14H,1-2H2,(H2,13,15)(H,16,17)(H,18,19). The van der Waals surface area contributed by atoms with Crippen molar-refractivity contribution in [2.75, 3.05) is 11.9 Å². The SMILES string of the molecule is NC(=O)c1cc(C(=O)O)c2c(c1)C(C(=O)O)CCN2. The second-order valence-electron chi connectivity index (χ2n) is 4.26. The molecule has 1 aliphatic heterocycles. The van der Waals surface area contributed by atoms with Gasteiger partial charge in [-0.05, 0) is 24.1 Å². The summed E-state index contributed by atoms with van der Waals surface area (Å²) in [6.07, 6.45) is 0.323. The lowest BCUT2D eigenvalue weighted by molar-refractivity contribution is -0.138. The van der Waals surface area contributed by atoms with Crippen molar-refractivity contribution >= 4 is 23.5 Å². The molecule has 19 heavy (non-hydrogen) atoms. The molecule has 0 aromatic heterocycles. The Kier molecular flexibility index (Phi) is 3.12. The number of rotatable bonds is 3. The summed E-state index contributed by atoms with van der Waals surface area (Å²) < 4.78 is 0. The first-order valence-electron chi connectivity index (χ1n) is 5.59. The van der Waals surface area contributed by atoms with Gasteiger partial charge < -0.3 is 21.3 Å². The Bertz CT molecular complexity index is 582. The van der Waals surface area contributed by atoms with Crippen molar-refractivity contribution < 1.29 is 24.6 Å². The first-order valence-corrected chi connectivity index (χ1v) is 5.59. The van der Waals surface area contributed by atoms with E-state index in [-0.39, 0.29) is 22.4 Å². The summed E-state index contributed by atoms with van der Waals surface area (Å²) >= 11 is 0. The summed E-state index contributed by atoms with van der Waals surface area (Å²) in [6, 6.07) is 2.50. The summed E-state index contributed by atoms with van der Waals surface area (Å²) in [6.45, 7) is 0.361. The summed E-state index contributed by atoms with van der Waals surface area (Å²) in [5.41, 5.74) is 5.52. The van der Waals surface area contributed by atoms with Crippen LogP contribution in [0.4, 0.5) is 5.69 Å². The topological polar surface area (TPSA) is 130 Å². The molecule has 0 saturated heterocycles. The number of carboxylic acid groups (broad SMARTS) is 2. The van der Waals surface area contributed by atoms with Crippen molar-refractivity contribution in [1.29, 1.82) is 0 Å². The van der Waals surface area contributed by atoms with Crippen molar-refractivity contribution in [3.8, 4) is 0 Å². The third kappa shape index (κ3) is 2.22. The number of hydrogen-bond acceptors (Lipinski definition) is 4. The average Bonchev–Trinajstić information content (AvgIpc) is 2.36. The Morgan fingerprint density at radius 1 is 1.26 bits per heavy atom. The highest BCUT2D eigenvalue weighted by molar-refractivity contribution is 6.02. The normalized spacial score (nSPS) is 17.2. The van der Waals surface area contributed by atoms with Crippen molar-refractivity contribution in [2.45, 2.75) is 12.3 Å². The molecule has 1 aromatic carbocycles. The molecule has 0 aliphatic carbocycles. The third-order valence-corrected chi connectivity index (χ3v) is 3.09. The number of amides is 1. The molecule has 1 heterocycles. The number of aliphatic carboxylic acids is 1. The fourth-order valence-corrected chi connectivity index (χ4v) is 2.20. The lowest BCUT2D eigenvalue weighted by Gasteiger charge is -2.25. The smallest absolute Gasteiger partial charge is 0.337 e. The van der Waals surface area contributed by atoms with Crippen LogP contribution in [0.1, 0.15) is 38.6 Å². The number of carboxylic acids is 2. The molecule has 7 heteroatoms. The highest BCUT2D eigenvalue weighted by Crippen LogP contribution is 2.35. The van der Waals surface area contributed by atoms with Crippen molar-refractivity contribution in [2.24, 2.45) is 5.73 Å². The van der Waals surface area contributed by atoms with Gasteiger partial charge in [-0.2, -0.15) is 0 Å². The molecule has 0 fully saturated rings. The van der Waals surface area contributed by atoms with E-state index < -0.39 is 23.8 Å². The van der Waals surface area contributed by atoms with Gasteiger partial charge in [0.15, 0.2) is 0 Å². The van der Waals surface area contributed by atoms with E-state index >= 15 is 0 Å². The molecule has 1 atom stereocenters. The zero-order chi connectivity index (χ0) is 14.2. The van der Waals surface area contributed by atoms with E-state index in [1.165, 1.54) is 6.07 Å². The van der Waals surface area contributed by atoms with Crippen LogP contribution < -0.4 is 11.1 Å². The Morgan fingerprint density at radius 2 is 1.95 bits per heavy atom. The maximum Gasteiger partial charge on any atom is 0.337 e. The fourth-order valence-electron chi connectivity index (χ4n) is 2.20. The lowest BCUT2D eigenvalue weighted by atomic mass is 9.87. The molecule has 1 amide bonds. The van der Waals surface area contributed by atoms with Crippen LogP contribution in [-0.4, -0.2) is 34.6 Å². The minimum atomic E-state index is -1.24. The molecule has 1 aromatic rings. The number of carbonyl (C=O) groups is 3. The molecule has 0 spiro atoms. The second kappa shape index (κ2) is 4.60. The maximum absolute atomic E-state index is 11.2. The van der Waals surface area contributed by atoms with E-state index in [0.29, 0.717) is 13.0 Å². The van der Waals surface area contributed by atoms with Crippen LogP contribution in [0.5, 0.6) is 0 Å². The van der Waals surface area contributed by atoms with Crippen molar-refractivity contribution in [3.05, 3.63) is 28.8 Å². The molecule has 1 unspecified atom stereocenters. The van der Waals surface area contributed by atoms with E-state index in [2.05, 4.69) is 5.32 Å². The van der Waals surface area contributed by atoms with Crippen LogP contribution in [0.2, 0.25) is 0 Å². The molecule has 5 N–H and O–H groups in total. The maximum atomic E-state index is 11.2. The van der Waals surface area contributed by atoms with Gasteiger partial charge in [0.25, 0.3) is 0 Å². The number of carbonyl (C=O) groups excluding carboxylic acids is 1. The predicted molar refractivity (Wildman–Crippen MR) is 65.4 cm³/mol. The number of nitrogens with two attached hydrogens (primary N) is 1. The zero-order valence-corrected chi connectivity index (χ0v) is 9.84. The van der Waals surface area contributed by atoms with E-state index in [0.717, 1.165) is 6.07 Å². The van der Waals surface area contributed by atoms with Crippen LogP contribution in [0.25, 0.3) is 0 Å². The van der Waals surface area contributed by atoms with Crippen molar-refractivity contribution in [1.82, 2.24) is 0 Å². The van der Waals surface area contributed by atoms with Crippen LogP contribution >= 0.6 is 0 Å². The van der Waals surface area contributed by atoms with Crippen LogP contribution in [0, 0.1) is 0 Å². The Morgan fingerprint density at radius 3 is 2.47 bits per heavy atom. The minimum Gasteiger partial charge on any atom is -0.481 e. The molecule has 1 aliphatic rings. The van der Waals surface area contributed by atoms with Gasteiger partial charge in [-0.15, -0.1) is 0 Å². The number of primary amides is 1. The van der Waals surface area contributed by atoms with Gasteiger partial charge >= 0.3 is 11.9 Å². The van der Waals surface area contributed by atoms with Gasteiger partial charge in [-0.25, -0.2) is 4.79 Å². The zero-order valence-electron chi connectivity index (χ0n) is 9.84. The quantitative estimate of drug-likeness (QED) is 0.627. The number of nitrogens with one attached hydrogen (secondary N) is 1. The minimum absolute atomic E-state index is 0.00824. The highest BCUT2D eigenvalue weighted by Gasteiger charge is 2.30.